The first-order chi connectivity index (χ1) is 10.4. The van der Waals surface area contributed by atoms with Gasteiger partial charge in [0, 0.05) is 10.6 Å². The zero-order valence-electron chi connectivity index (χ0n) is 12.7. The number of benzene rings is 2. The van der Waals surface area contributed by atoms with Crippen LogP contribution < -0.4 is 15.2 Å². The van der Waals surface area contributed by atoms with Crippen molar-refractivity contribution >= 4 is 17.5 Å². The van der Waals surface area contributed by atoms with E-state index in [2.05, 4.69) is 0 Å². The number of primary amides is 1. The number of ether oxygens (including phenoxy) is 2. The van der Waals surface area contributed by atoms with Gasteiger partial charge < -0.3 is 15.2 Å². The van der Waals surface area contributed by atoms with Crippen molar-refractivity contribution in [1.29, 1.82) is 0 Å². The lowest BCUT2D eigenvalue weighted by molar-refractivity contribution is -0.133. The van der Waals surface area contributed by atoms with E-state index in [-0.39, 0.29) is 0 Å². The van der Waals surface area contributed by atoms with Crippen LogP contribution in [-0.2, 0) is 10.4 Å². The Morgan fingerprint density at radius 3 is 2.50 bits per heavy atom. The highest BCUT2D eigenvalue weighted by Crippen LogP contribution is 2.35. The minimum absolute atomic E-state index is 0.508. The SMILES string of the molecule is COc1ccccc1C(C)(Oc1ccc(Cl)c(C)c1)C(N)=O. The first-order valence-electron chi connectivity index (χ1n) is 6.77. The van der Waals surface area contributed by atoms with Gasteiger partial charge in [-0.1, -0.05) is 29.8 Å². The molecule has 0 saturated carbocycles. The molecule has 2 rings (SSSR count). The molecule has 1 unspecified atom stereocenters. The van der Waals surface area contributed by atoms with Crippen molar-refractivity contribution in [3.05, 3.63) is 58.6 Å². The first kappa shape index (κ1) is 16.2. The predicted molar refractivity (Wildman–Crippen MR) is 86.4 cm³/mol. The molecule has 0 aliphatic heterocycles. The largest absolute Gasteiger partial charge is 0.496 e. The quantitative estimate of drug-likeness (QED) is 0.918. The molecule has 2 aromatic carbocycles. The van der Waals surface area contributed by atoms with Gasteiger partial charge in [-0.3, -0.25) is 4.79 Å². The van der Waals surface area contributed by atoms with E-state index in [1.807, 2.05) is 13.0 Å². The maximum Gasteiger partial charge on any atom is 0.266 e. The summed E-state index contributed by atoms with van der Waals surface area (Å²) in [4.78, 5) is 12.1. The number of para-hydroxylation sites is 1. The fourth-order valence-corrected chi connectivity index (χ4v) is 2.31. The van der Waals surface area contributed by atoms with E-state index in [4.69, 9.17) is 26.8 Å². The molecule has 0 aliphatic rings. The number of hydrogen-bond donors (Lipinski definition) is 1. The normalized spacial score (nSPS) is 13.3. The summed E-state index contributed by atoms with van der Waals surface area (Å²) in [5.74, 6) is 0.438. The molecule has 4 nitrogen and oxygen atoms in total. The molecule has 22 heavy (non-hydrogen) atoms. The van der Waals surface area contributed by atoms with Crippen LogP contribution in [0.2, 0.25) is 5.02 Å². The van der Waals surface area contributed by atoms with E-state index in [1.54, 1.807) is 43.3 Å². The van der Waals surface area contributed by atoms with Crippen LogP contribution in [0.15, 0.2) is 42.5 Å². The Morgan fingerprint density at radius 1 is 1.23 bits per heavy atom. The third-order valence-electron chi connectivity index (χ3n) is 3.54. The third-order valence-corrected chi connectivity index (χ3v) is 3.97. The van der Waals surface area contributed by atoms with E-state index in [0.29, 0.717) is 22.1 Å². The summed E-state index contributed by atoms with van der Waals surface area (Å²) in [6.45, 7) is 3.48. The average molecular weight is 320 g/mol. The maximum atomic E-state index is 12.1. The summed E-state index contributed by atoms with van der Waals surface area (Å²) in [6, 6.07) is 12.3. The summed E-state index contributed by atoms with van der Waals surface area (Å²) in [7, 11) is 1.53. The van der Waals surface area contributed by atoms with Crippen LogP contribution in [0.5, 0.6) is 11.5 Å². The van der Waals surface area contributed by atoms with E-state index >= 15 is 0 Å². The average Bonchev–Trinajstić information content (AvgIpc) is 2.50. The lowest BCUT2D eigenvalue weighted by atomic mass is 9.93. The predicted octanol–water partition coefficient (Wildman–Crippen LogP) is 3.44. The molecule has 0 spiro atoms. The van der Waals surface area contributed by atoms with Gasteiger partial charge in [-0.25, -0.2) is 0 Å². The van der Waals surface area contributed by atoms with Gasteiger partial charge in [-0.15, -0.1) is 0 Å². The second-order valence-corrected chi connectivity index (χ2v) is 5.52. The van der Waals surface area contributed by atoms with Crippen molar-refractivity contribution in [2.75, 3.05) is 7.11 Å². The van der Waals surface area contributed by atoms with E-state index in [1.165, 1.54) is 7.11 Å². The van der Waals surface area contributed by atoms with Crippen LogP contribution in [-0.4, -0.2) is 13.0 Å². The Morgan fingerprint density at radius 2 is 1.91 bits per heavy atom. The number of carbonyl (C=O) groups excluding carboxylic acids is 1. The third kappa shape index (κ3) is 3.02. The topological polar surface area (TPSA) is 61.6 Å². The monoisotopic (exact) mass is 319 g/mol. The van der Waals surface area contributed by atoms with Gasteiger partial charge in [-0.2, -0.15) is 0 Å². The molecule has 0 radical (unpaired) electrons. The van der Waals surface area contributed by atoms with E-state index in [0.717, 1.165) is 5.56 Å². The summed E-state index contributed by atoms with van der Waals surface area (Å²) in [5, 5.41) is 0.630. The summed E-state index contributed by atoms with van der Waals surface area (Å²) >= 11 is 6.01. The lowest BCUT2D eigenvalue weighted by Crippen LogP contribution is -2.43. The summed E-state index contributed by atoms with van der Waals surface area (Å²) in [5.41, 5.74) is 5.66. The van der Waals surface area contributed by atoms with Gasteiger partial charge in [0.25, 0.3) is 5.91 Å². The second-order valence-electron chi connectivity index (χ2n) is 5.11. The molecule has 2 N–H and O–H groups in total. The van der Waals surface area contributed by atoms with Crippen molar-refractivity contribution in [2.24, 2.45) is 5.73 Å². The van der Waals surface area contributed by atoms with Crippen molar-refractivity contribution in [3.63, 3.8) is 0 Å². The first-order valence-corrected chi connectivity index (χ1v) is 7.15. The fourth-order valence-electron chi connectivity index (χ4n) is 2.19. The summed E-state index contributed by atoms with van der Waals surface area (Å²) in [6.07, 6.45) is 0. The molecule has 0 bridgehead atoms. The smallest absolute Gasteiger partial charge is 0.266 e. The minimum Gasteiger partial charge on any atom is -0.496 e. The highest BCUT2D eigenvalue weighted by Gasteiger charge is 2.38. The molecule has 0 aromatic heterocycles. The van der Waals surface area contributed by atoms with E-state index in [9.17, 15) is 4.79 Å². The molecule has 1 amide bonds. The van der Waals surface area contributed by atoms with Gasteiger partial charge in [0.15, 0.2) is 0 Å². The number of methoxy groups -OCH3 is 1. The number of nitrogens with two attached hydrogens (primary N) is 1. The molecule has 1 atom stereocenters. The Bertz CT molecular complexity index is 702. The second kappa shape index (κ2) is 6.28. The molecule has 5 heteroatoms. The van der Waals surface area contributed by atoms with Crippen molar-refractivity contribution in [1.82, 2.24) is 0 Å². The zero-order chi connectivity index (χ0) is 16.3. The number of halogens is 1. The van der Waals surface area contributed by atoms with Crippen molar-refractivity contribution in [3.8, 4) is 11.5 Å². The Kier molecular flexibility index (Phi) is 4.62. The molecule has 116 valence electrons. The molecular weight excluding hydrogens is 302 g/mol. The Hall–Kier alpha value is -2.20. The zero-order valence-corrected chi connectivity index (χ0v) is 13.5. The van der Waals surface area contributed by atoms with Crippen LogP contribution >= 0.6 is 11.6 Å². The highest BCUT2D eigenvalue weighted by molar-refractivity contribution is 6.31. The summed E-state index contributed by atoms with van der Waals surface area (Å²) < 4.78 is 11.2. The van der Waals surface area contributed by atoms with Gasteiger partial charge in [-0.05, 0) is 43.7 Å². The number of rotatable bonds is 5. The van der Waals surface area contributed by atoms with Crippen LogP contribution in [0.3, 0.4) is 0 Å². The van der Waals surface area contributed by atoms with Crippen LogP contribution in [0.4, 0.5) is 0 Å². The lowest BCUT2D eigenvalue weighted by Gasteiger charge is -2.29. The van der Waals surface area contributed by atoms with Crippen molar-refractivity contribution in [2.45, 2.75) is 19.4 Å². The highest BCUT2D eigenvalue weighted by atomic mass is 35.5. The Balaban J connectivity index is 2.48. The molecule has 0 aliphatic carbocycles. The molecular formula is C17H18ClNO3. The number of hydrogen-bond acceptors (Lipinski definition) is 3. The Labute approximate surface area is 134 Å². The number of amides is 1. The van der Waals surface area contributed by atoms with Gasteiger partial charge in [0.2, 0.25) is 5.60 Å². The van der Waals surface area contributed by atoms with Gasteiger partial charge >= 0.3 is 0 Å². The number of carbonyl (C=O) groups is 1. The van der Waals surface area contributed by atoms with E-state index < -0.39 is 11.5 Å². The molecule has 0 heterocycles. The van der Waals surface area contributed by atoms with Crippen LogP contribution in [0, 0.1) is 6.92 Å². The molecule has 0 saturated heterocycles. The molecule has 0 fully saturated rings. The van der Waals surface area contributed by atoms with Crippen LogP contribution in [0.1, 0.15) is 18.1 Å². The number of aryl methyl sites for hydroxylation is 1. The van der Waals surface area contributed by atoms with Crippen molar-refractivity contribution < 1.29 is 14.3 Å². The van der Waals surface area contributed by atoms with Crippen LogP contribution in [0.25, 0.3) is 0 Å². The maximum absolute atomic E-state index is 12.1. The standard InChI is InChI=1S/C17H18ClNO3/c1-11-10-12(8-9-14(11)18)22-17(2,16(19)20)13-6-4-5-7-15(13)21-3/h4-10H,1-3H3,(H2,19,20). The molecule has 2 aromatic rings. The van der Waals surface area contributed by atoms with Gasteiger partial charge in [0.05, 0.1) is 7.11 Å². The fraction of sp³-hybridized carbons (Fsp3) is 0.235. The minimum atomic E-state index is -1.35. The van der Waals surface area contributed by atoms with Gasteiger partial charge in [0.1, 0.15) is 11.5 Å².